The van der Waals surface area contributed by atoms with Gasteiger partial charge in [-0.1, -0.05) is 96.1 Å². The maximum absolute atomic E-state index is 14.8. The summed E-state index contributed by atoms with van der Waals surface area (Å²) in [5.41, 5.74) is 14.3. The average molecular weight is 1080 g/mol. The van der Waals surface area contributed by atoms with Crippen molar-refractivity contribution in [2.75, 3.05) is 12.3 Å². The Morgan fingerprint density at radius 3 is 1.88 bits per heavy atom. The highest BCUT2D eigenvalue weighted by molar-refractivity contribution is 8.77. The summed E-state index contributed by atoms with van der Waals surface area (Å²) in [6.07, 6.45) is 0.590. The summed E-state index contributed by atoms with van der Waals surface area (Å²) in [6.45, 7) is 6.34. The van der Waals surface area contributed by atoms with Crippen molar-refractivity contribution in [2.24, 2.45) is 17.4 Å². The van der Waals surface area contributed by atoms with E-state index in [2.05, 4.69) is 42.2 Å². The van der Waals surface area contributed by atoms with Gasteiger partial charge < -0.3 is 69.0 Å². The van der Waals surface area contributed by atoms with Crippen LogP contribution in [0.4, 0.5) is 0 Å². The number of H-pyrrole nitrogens is 1. The van der Waals surface area contributed by atoms with Crippen LogP contribution in [0.15, 0.2) is 85.1 Å². The molecular weight excluding hydrogens is 1010 g/mol. The number of hydrogen-bond acceptors (Lipinski definition) is 14. The minimum absolute atomic E-state index is 0.0360. The monoisotopic (exact) mass is 1070 g/mol. The molecule has 404 valence electrons. The normalized spacial score (nSPS) is 22.0. The Morgan fingerprint density at radius 2 is 1.28 bits per heavy atom. The molecule has 1 aromatic heterocycles. The van der Waals surface area contributed by atoms with E-state index in [-0.39, 0.29) is 50.2 Å². The average Bonchev–Trinajstić information content (AvgIpc) is 3.77. The van der Waals surface area contributed by atoms with Crippen LogP contribution in [0.25, 0.3) is 10.9 Å². The number of nitrogens with two attached hydrogens (primary N) is 2. The van der Waals surface area contributed by atoms with Crippen LogP contribution in [0.1, 0.15) is 63.6 Å². The van der Waals surface area contributed by atoms with Gasteiger partial charge >= 0.3 is 11.9 Å². The number of carbonyl (C=O) groups is 9. The predicted octanol–water partition coefficient (Wildman–Crippen LogP) is 0.750. The number of phenols is 1. The number of aromatic hydroxyl groups is 1. The van der Waals surface area contributed by atoms with Crippen molar-refractivity contribution < 1.29 is 58.5 Å². The van der Waals surface area contributed by atoms with E-state index in [9.17, 15) is 58.5 Å². The van der Waals surface area contributed by atoms with E-state index >= 15 is 0 Å². The van der Waals surface area contributed by atoms with E-state index in [1.54, 1.807) is 70.3 Å². The molecule has 3 aromatic carbocycles. The Balaban J connectivity index is 1.66. The molecule has 22 nitrogen and oxygen atoms in total. The molecule has 4 aromatic rings. The van der Waals surface area contributed by atoms with E-state index in [1.165, 1.54) is 24.3 Å². The van der Waals surface area contributed by atoms with Crippen LogP contribution in [-0.4, -0.2) is 139 Å². The van der Waals surface area contributed by atoms with Gasteiger partial charge in [-0.2, -0.15) is 0 Å². The van der Waals surface area contributed by atoms with E-state index in [1.807, 2.05) is 18.2 Å². The number of nitrogens with one attached hydrogen (secondary N) is 8. The summed E-state index contributed by atoms with van der Waals surface area (Å²) in [5.74, 6) is -9.99. The quantitative estimate of drug-likeness (QED) is 0.0649. The Kier molecular flexibility index (Phi) is 21.5. The molecule has 8 atom stereocenters. The zero-order chi connectivity index (χ0) is 55.0. The first-order valence-corrected chi connectivity index (χ1v) is 26.6. The third kappa shape index (κ3) is 17.2. The summed E-state index contributed by atoms with van der Waals surface area (Å²) in [7, 11) is 1.91. The molecule has 15 N–H and O–H groups in total. The van der Waals surface area contributed by atoms with E-state index < -0.39 is 119 Å². The molecule has 0 spiro atoms. The lowest BCUT2D eigenvalue weighted by Gasteiger charge is -2.35. The smallest absolute Gasteiger partial charge is 0.326 e. The Morgan fingerprint density at radius 1 is 0.733 bits per heavy atom. The molecule has 0 bridgehead atoms. The molecule has 2 heterocycles. The lowest BCUT2D eigenvalue weighted by atomic mass is 9.98. The second-order valence-corrected chi connectivity index (χ2v) is 22.0. The molecule has 24 heteroatoms. The van der Waals surface area contributed by atoms with Crippen LogP contribution >= 0.6 is 21.6 Å². The van der Waals surface area contributed by atoms with Crippen molar-refractivity contribution in [2.45, 2.75) is 119 Å². The number of carboxylic acid groups (broad SMARTS) is 2. The number of amides is 7. The summed E-state index contributed by atoms with van der Waals surface area (Å²) in [4.78, 5) is 128. The van der Waals surface area contributed by atoms with E-state index in [0.29, 0.717) is 16.7 Å². The number of aromatic amines is 1. The van der Waals surface area contributed by atoms with Crippen LogP contribution in [0.2, 0.25) is 0 Å². The number of fused-ring (bicyclic) bond motifs is 1. The van der Waals surface area contributed by atoms with Gasteiger partial charge in [-0.25, -0.2) is 4.79 Å². The first kappa shape index (κ1) is 58.7. The van der Waals surface area contributed by atoms with Gasteiger partial charge in [0.2, 0.25) is 41.4 Å². The first-order valence-electron chi connectivity index (χ1n) is 24.3. The minimum Gasteiger partial charge on any atom is -0.508 e. The number of carbonyl (C=O) groups excluding carboxylic acids is 7. The number of aromatic nitrogens is 1. The van der Waals surface area contributed by atoms with Gasteiger partial charge in [-0.05, 0) is 74.0 Å². The van der Waals surface area contributed by atoms with Crippen LogP contribution in [-0.2, 0) is 62.4 Å². The standard InChI is InChI=1S/C51H66N10O12S2/c1-27(2)41(50(72)73)60-48(70)39-26-74-75-51(3,4)42(61-43(65)33(53)24-40(63)64)49(71)58-37(21-28-11-6-5-7-12-28)45(67)57-38(23-30-25-54-34-14-9-8-13-32(30)34)47(69)55-35(15-10-20-52)44(66)56-36(46(68)59-39)22-29-16-18-31(62)19-17-29/h5-9,11-14,16-19,25,27,33,35-39,41-42,54,62H,10,15,20-24,26,52-53H2,1-4H3,(H,55,69)(H,56,66)(H,57,67)(H,58,71)(H,59,68)(H,60,70)(H,61,65)(H,63,64)(H,72,73)/t33-,35-,36-,37-,38+,39-,41-,42+/m0/s1. The van der Waals surface area contributed by atoms with Gasteiger partial charge in [0.05, 0.1) is 12.5 Å². The van der Waals surface area contributed by atoms with Crippen LogP contribution in [0.5, 0.6) is 5.75 Å². The number of phenolic OH excluding ortho intramolecular Hbond substituents is 1. The molecule has 0 radical (unpaired) electrons. The van der Waals surface area contributed by atoms with Gasteiger partial charge in [0, 0.05) is 46.9 Å². The second kappa shape index (κ2) is 27.4. The molecule has 75 heavy (non-hydrogen) atoms. The number of benzene rings is 3. The molecular formula is C51H66N10O12S2. The highest BCUT2D eigenvalue weighted by Crippen LogP contribution is 2.39. The zero-order valence-corrected chi connectivity index (χ0v) is 43.6. The fourth-order valence-corrected chi connectivity index (χ4v) is 11.0. The van der Waals surface area contributed by atoms with Crippen molar-refractivity contribution in [1.82, 2.24) is 42.2 Å². The summed E-state index contributed by atoms with van der Waals surface area (Å²) < 4.78 is -1.42. The van der Waals surface area contributed by atoms with Crippen molar-refractivity contribution in [3.8, 4) is 5.75 Å². The largest absolute Gasteiger partial charge is 0.508 e. The van der Waals surface area contributed by atoms with Crippen LogP contribution < -0.4 is 48.7 Å². The van der Waals surface area contributed by atoms with Gasteiger partial charge in [-0.3, -0.25) is 38.4 Å². The third-order valence-electron chi connectivity index (χ3n) is 12.3. The lowest BCUT2D eigenvalue weighted by Crippen LogP contribution is -2.63. The van der Waals surface area contributed by atoms with Gasteiger partial charge in [0.25, 0.3) is 0 Å². The number of aliphatic carboxylic acids is 2. The molecule has 1 fully saturated rings. The number of para-hydroxylation sites is 1. The fourth-order valence-electron chi connectivity index (χ4n) is 8.14. The maximum Gasteiger partial charge on any atom is 0.326 e. The molecule has 0 unspecified atom stereocenters. The highest BCUT2D eigenvalue weighted by atomic mass is 33.1. The van der Waals surface area contributed by atoms with E-state index in [4.69, 9.17) is 11.5 Å². The number of rotatable bonds is 17. The van der Waals surface area contributed by atoms with Crippen molar-refractivity contribution in [1.29, 1.82) is 0 Å². The zero-order valence-electron chi connectivity index (χ0n) is 41.9. The molecule has 5 rings (SSSR count). The Bertz CT molecular complexity index is 2670. The second-order valence-electron chi connectivity index (χ2n) is 19.0. The summed E-state index contributed by atoms with van der Waals surface area (Å²) in [6, 6.07) is 9.85. The minimum atomic E-state index is -1.62. The Labute approximate surface area is 441 Å². The van der Waals surface area contributed by atoms with Crippen molar-refractivity contribution >= 4 is 85.8 Å². The highest BCUT2D eigenvalue weighted by Gasteiger charge is 2.42. The summed E-state index contributed by atoms with van der Waals surface area (Å²) in [5, 5.41) is 49.0. The lowest BCUT2D eigenvalue weighted by molar-refractivity contribution is -0.143. The van der Waals surface area contributed by atoms with Gasteiger partial charge in [-0.15, -0.1) is 0 Å². The number of hydrogen-bond donors (Lipinski definition) is 13. The summed E-state index contributed by atoms with van der Waals surface area (Å²) >= 11 is 0. The molecule has 0 saturated carbocycles. The topological polar surface area (TPSA) is 366 Å². The molecule has 1 saturated heterocycles. The Hall–Kier alpha value is -7.15. The fraction of sp³-hybridized carbons (Fsp3) is 0.431. The number of carboxylic acids is 2. The van der Waals surface area contributed by atoms with Gasteiger partial charge in [0.15, 0.2) is 0 Å². The van der Waals surface area contributed by atoms with Crippen molar-refractivity contribution in [3.63, 3.8) is 0 Å². The molecule has 1 aliphatic rings. The van der Waals surface area contributed by atoms with Gasteiger partial charge in [0.1, 0.15) is 48.0 Å². The third-order valence-corrected chi connectivity index (χ3v) is 15.6. The maximum atomic E-state index is 14.8. The predicted molar refractivity (Wildman–Crippen MR) is 283 cm³/mol. The van der Waals surface area contributed by atoms with Crippen LogP contribution in [0, 0.1) is 5.92 Å². The van der Waals surface area contributed by atoms with E-state index in [0.717, 1.165) is 32.5 Å². The molecule has 0 aliphatic carbocycles. The first-order chi connectivity index (χ1) is 35.6. The SMILES string of the molecule is CC(C)[C@H](NC(=O)[C@@H]1CSSC(C)(C)[C@H](NC(=O)[C@@H](N)CC(=O)O)C(=O)N[C@@H](Cc2ccccc2)C(=O)N[C@H](Cc2c[nH]c3ccccc23)C(=O)N[C@@H](CCCN)C(=O)N[C@@H](Cc2ccc(O)cc2)C(=O)N1)C(=O)O. The molecule has 7 amide bonds. The van der Waals surface area contributed by atoms with Crippen molar-refractivity contribution in [3.05, 3.63) is 102 Å². The van der Waals surface area contributed by atoms with Crippen LogP contribution in [0.3, 0.4) is 0 Å². The molecule has 1 aliphatic heterocycles.